The zero-order valence-corrected chi connectivity index (χ0v) is 9.08. The molecule has 0 aromatic heterocycles. The summed E-state index contributed by atoms with van der Waals surface area (Å²) in [6.45, 7) is 6.31. The smallest absolute Gasteiger partial charge is 0.0249 e. The minimum Gasteiger partial charge on any atom is -0.326 e. The fourth-order valence-electron chi connectivity index (χ4n) is 0.747. The maximum absolute atomic E-state index is 5.82. The Bertz CT molecular complexity index is 155. The number of thioether (sulfide) groups is 1. The number of nitrogens with two attached hydrogens (primary N) is 1. The second-order valence-electron chi connectivity index (χ2n) is 3.32. The average molecular weight is 185 g/mol. The van der Waals surface area contributed by atoms with Crippen LogP contribution in [0, 0.1) is 17.8 Å². The van der Waals surface area contributed by atoms with Crippen LogP contribution < -0.4 is 5.73 Å². The van der Waals surface area contributed by atoms with E-state index in [0.717, 1.165) is 18.1 Å². The molecule has 0 fully saturated rings. The number of hydrogen-bond acceptors (Lipinski definition) is 2. The van der Waals surface area contributed by atoms with Crippen molar-refractivity contribution in [3.63, 3.8) is 0 Å². The van der Waals surface area contributed by atoms with Crippen molar-refractivity contribution in [3.05, 3.63) is 0 Å². The molecule has 0 saturated carbocycles. The third kappa shape index (κ3) is 7.97. The molecule has 0 aliphatic carbocycles. The van der Waals surface area contributed by atoms with Gasteiger partial charge in [0.2, 0.25) is 0 Å². The van der Waals surface area contributed by atoms with E-state index in [2.05, 4.69) is 25.7 Å². The van der Waals surface area contributed by atoms with Gasteiger partial charge in [-0.2, -0.15) is 11.8 Å². The first kappa shape index (κ1) is 11.9. The van der Waals surface area contributed by atoms with Crippen LogP contribution in [0.3, 0.4) is 0 Å². The van der Waals surface area contributed by atoms with Crippen molar-refractivity contribution in [2.45, 2.75) is 33.2 Å². The zero-order valence-electron chi connectivity index (χ0n) is 8.26. The first-order valence-electron chi connectivity index (χ1n) is 4.39. The van der Waals surface area contributed by atoms with Crippen LogP contribution in [0.4, 0.5) is 0 Å². The Morgan fingerprint density at radius 2 is 2.00 bits per heavy atom. The summed E-state index contributed by atoms with van der Waals surface area (Å²) < 4.78 is 0. The van der Waals surface area contributed by atoms with Crippen molar-refractivity contribution in [1.29, 1.82) is 0 Å². The number of hydrogen-bond donors (Lipinski definition) is 1. The van der Waals surface area contributed by atoms with E-state index in [9.17, 15) is 0 Å². The molecule has 0 bridgehead atoms. The highest BCUT2D eigenvalue weighted by Crippen LogP contribution is 2.08. The predicted molar refractivity (Wildman–Crippen MR) is 58.2 cm³/mol. The van der Waals surface area contributed by atoms with Gasteiger partial charge < -0.3 is 5.73 Å². The molecule has 0 amide bonds. The van der Waals surface area contributed by atoms with Crippen molar-refractivity contribution < 1.29 is 0 Å². The van der Waals surface area contributed by atoms with Gasteiger partial charge in [-0.05, 0) is 18.6 Å². The maximum atomic E-state index is 5.82. The molecule has 1 unspecified atom stereocenters. The second kappa shape index (κ2) is 7.52. The summed E-state index contributed by atoms with van der Waals surface area (Å²) in [5.74, 6) is 8.86. The van der Waals surface area contributed by atoms with Gasteiger partial charge in [0.1, 0.15) is 0 Å². The molecule has 0 heterocycles. The van der Waals surface area contributed by atoms with Crippen molar-refractivity contribution in [2.24, 2.45) is 11.7 Å². The molecular weight excluding hydrogens is 166 g/mol. The van der Waals surface area contributed by atoms with E-state index in [4.69, 9.17) is 5.73 Å². The van der Waals surface area contributed by atoms with E-state index in [0.29, 0.717) is 0 Å². The summed E-state index contributed by atoms with van der Waals surface area (Å²) in [5.41, 5.74) is 5.82. The normalized spacial score (nSPS) is 12.4. The van der Waals surface area contributed by atoms with Crippen molar-refractivity contribution in [1.82, 2.24) is 0 Å². The Morgan fingerprint density at radius 1 is 1.33 bits per heavy atom. The molecule has 1 nitrogen and oxygen atoms in total. The summed E-state index contributed by atoms with van der Waals surface area (Å²) in [4.78, 5) is 0. The minimum absolute atomic E-state index is 0.251. The fourth-order valence-corrected chi connectivity index (χ4v) is 1.78. The third-order valence-electron chi connectivity index (χ3n) is 1.32. The van der Waals surface area contributed by atoms with E-state index in [-0.39, 0.29) is 6.04 Å². The highest BCUT2D eigenvalue weighted by atomic mass is 32.2. The Kier molecular flexibility index (Phi) is 7.43. The van der Waals surface area contributed by atoms with Gasteiger partial charge in [-0.15, -0.1) is 11.8 Å². The van der Waals surface area contributed by atoms with Crippen molar-refractivity contribution >= 4 is 11.8 Å². The molecule has 70 valence electrons. The van der Waals surface area contributed by atoms with Gasteiger partial charge in [0.15, 0.2) is 0 Å². The summed E-state index contributed by atoms with van der Waals surface area (Å²) >= 11 is 1.93. The van der Waals surface area contributed by atoms with Gasteiger partial charge in [-0.3, -0.25) is 0 Å². The maximum Gasteiger partial charge on any atom is 0.0249 e. The van der Waals surface area contributed by atoms with Crippen LogP contribution >= 0.6 is 11.8 Å². The predicted octanol–water partition coefficient (Wildman–Crippen LogP) is 2.12. The van der Waals surface area contributed by atoms with Gasteiger partial charge in [0.25, 0.3) is 0 Å². The molecule has 12 heavy (non-hydrogen) atoms. The first-order valence-corrected chi connectivity index (χ1v) is 5.55. The average Bonchev–Trinajstić information content (AvgIpc) is 2.00. The Labute approximate surface area is 80.5 Å². The van der Waals surface area contributed by atoms with Gasteiger partial charge in [-0.25, -0.2) is 0 Å². The monoisotopic (exact) mass is 185 g/mol. The summed E-state index contributed by atoms with van der Waals surface area (Å²) in [6.07, 6.45) is 0.835. The van der Waals surface area contributed by atoms with Gasteiger partial charge >= 0.3 is 0 Å². The Hall–Kier alpha value is -0.130. The van der Waals surface area contributed by atoms with Gasteiger partial charge in [0, 0.05) is 18.2 Å². The molecule has 2 N–H and O–H groups in total. The standard InChI is InChI=1S/C10H19NS/c1-4-5-6-10(11)8-12-7-9(2)3/h9-10H,6-8,11H2,1-3H3. The fraction of sp³-hybridized carbons (Fsp3) is 0.800. The van der Waals surface area contributed by atoms with E-state index < -0.39 is 0 Å². The Morgan fingerprint density at radius 3 is 2.50 bits per heavy atom. The van der Waals surface area contributed by atoms with Crippen molar-refractivity contribution in [2.75, 3.05) is 11.5 Å². The zero-order chi connectivity index (χ0) is 9.40. The molecular formula is C10H19NS. The molecule has 0 radical (unpaired) electrons. The summed E-state index contributed by atoms with van der Waals surface area (Å²) in [5, 5.41) is 0. The molecule has 0 aromatic carbocycles. The largest absolute Gasteiger partial charge is 0.326 e. The second-order valence-corrected chi connectivity index (χ2v) is 4.40. The summed E-state index contributed by atoms with van der Waals surface area (Å²) in [7, 11) is 0. The van der Waals surface area contributed by atoms with Crippen LogP contribution in [0.1, 0.15) is 27.2 Å². The van der Waals surface area contributed by atoms with Gasteiger partial charge in [0.05, 0.1) is 0 Å². The lowest BCUT2D eigenvalue weighted by Crippen LogP contribution is -2.22. The van der Waals surface area contributed by atoms with Gasteiger partial charge in [-0.1, -0.05) is 13.8 Å². The quantitative estimate of drug-likeness (QED) is 0.664. The minimum atomic E-state index is 0.251. The first-order chi connectivity index (χ1) is 5.66. The van der Waals surface area contributed by atoms with Crippen LogP contribution in [0.15, 0.2) is 0 Å². The van der Waals surface area contributed by atoms with E-state index in [1.54, 1.807) is 0 Å². The van der Waals surface area contributed by atoms with Crippen LogP contribution in [-0.4, -0.2) is 17.5 Å². The molecule has 0 saturated heterocycles. The molecule has 0 aromatic rings. The Balaban J connectivity index is 3.29. The van der Waals surface area contributed by atoms with Crippen molar-refractivity contribution in [3.8, 4) is 11.8 Å². The molecule has 2 heteroatoms. The van der Waals surface area contributed by atoms with E-state index >= 15 is 0 Å². The molecule has 1 atom stereocenters. The molecule has 0 spiro atoms. The molecule has 0 rings (SSSR count). The summed E-state index contributed by atoms with van der Waals surface area (Å²) in [6, 6.07) is 0.251. The van der Waals surface area contributed by atoms with Crippen LogP contribution in [0.5, 0.6) is 0 Å². The highest BCUT2D eigenvalue weighted by Gasteiger charge is 2.01. The molecule has 0 aliphatic heterocycles. The van der Waals surface area contributed by atoms with Crippen LogP contribution in [0.2, 0.25) is 0 Å². The molecule has 0 aliphatic rings. The SMILES string of the molecule is CC#CCC(N)CSCC(C)C. The lowest BCUT2D eigenvalue weighted by atomic mass is 10.2. The lowest BCUT2D eigenvalue weighted by molar-refractivity contribution is 0.742. The topological polar surface area (TPSA) is 26.0 Å². The van der Waals surface area contributed by atoms with E-state index in [1.165, 1.54) is 5.75 Å². The third-order valence-corrected chi connectivity index (χ3v) is 2.89. The highest BCUT2D eigenvalue weighted by molar-refractivity contribution is 7.99. The van der Waals surface area contributed by atoms with Crippen LogP contribution in [0.25, 0.3) is 0 Å². The lowest BCUT2D eigenvalue weighted by Gasteiger charge is -2.08. The number of rotatable bonds is 5. The van der Waals surface area contributed by atoms with Crippen LogP contribution in [-0.2, 0) is 0 Å². The van der Waals surface area contributed by atoms with E-state index in [1.807, 2.05) is 18.7 Å².